The van der Waals surface area contributed by atoms with E-state index in [9.17, 15) is 9.90 Å². The van der Waals surface area contributed by atoms with Gasteiger partial charge in [-0.3, -0.25) is 4.79 Å². The molecule has 2 atom stereocenters. The molecule has 2 unspecified atom stereocenters. The van der Waals surface area contributed by atoms with Crippen molar-refractivity contribution in [1.82, 2.24) is 9.97 Å². The van der Waals surface area contributed by atoms with E-state index in [1.165, 1.54) is 0 Å². The van der Waals surface area contributed by atoms with Gasteiger partial charge in [0.2, 0.25) is 0 Å². The van der Waals surface area contributed by atoms with Crippen LogP contribution in [0.1, 0.15) is 50.3 Å². The number of aliphatic hydroxyl groups excluding tert-OH is 1. The van der Waals surface area contributed by atoms with Crippen LogP contribution < -0.4 is 10.5 Å². The van der Waals surface area contributed by atoms with Gasteiger partial charge in [-0.25, -0.2) is 4.98 Å². The minimum Gasteiger partial charge on any atom is -0.393 e. The fourth-order valence-electron chi connectivity index (χ4n) is 3.67. The molecule has 0 radical (unpaired) electrons. The summed E-state index contributed by atoms with van der Waals surface area (Å²) in [4.78, 5) is 21.6. The van der Waals surface area contributed by atoms with Crippen molar-refractivity contribution in [3.63, 3.8) is 0 Å². The number of hydrogen-bond acceptors (Lipinski definition) is 4. The number of rotatable bonds is 2. The van der Waals surface area contributed by atoms with Crippen LogP contribution in [0.5, 0.6) is 0 Å². The first kappa shape index (κ1) is 11.5. The van der Waals surface area contributed by atoms with Gasteiger partial charge in [0.15, 0.2) is 0 Å². The van der Waals surface area contributed by atoms with Crippen LogP contribution in [-0.4, -0.2) is 33.3 Å². The summed E-state index contributed by atoms with van der Waals surface area (Å²) in [6, 6.07) is 2.33. The van der Waals surface area contributed by atoms with E-state index in [4.69, 9.17) is 0 Å². The average molecular weight is 261 g/mol. The molecule has 102 valence electrons. The Bertz CT molecular complexity index is 538. The van der Waals surface area contributed by atoms with E-state index in [-0.39, 0.29) is 11.7 Å². The Hall–Kier alpha value is -1.36. The van der Waals surface area contributed by atoms with Crippen molar-refractivity contribution in [3.8, 4) is 0 Å². The number of fused-ring (bicyclic) bond motifs is 2. The number of hydrogen-bond donors (Lipinski definition) is 2. The summed E-state index contributed by atoms with van der Waals surface area (Å²) in [6.07, 6.45) is 5.92. The predicted octanol–water partition coefficient (Wildman–Crippen LogP) is 1.14. The molecular formula is C14H19N3O2. The van der Waals surface area contributed by atoms with Crippen molar-refractivity contribution >= 4 is 5.82 Å². The summed E-state index contributed by atoms with van der Waals surface area (Å²) in [7, 11) is 0. The molecule has 3 aliphatic rings. The Morgan fingerprint density at radius 2 is 1.89 bits per heavy atom. The standard InChI is InChI=1S/C14H19N3O2/c18-11-5-9-3-4-10(6-11)17(9)12-7-13(19)16-14(15-12)8-1-2-8/h7-11,18H,1-6H2,(H,15,16,19). The second-order valence-electron chi connectivity index (χ2n) is 6.18. The third-order valence-electron chi connectivity index (χ3n) is 4.68. The fourth-order valence-corrected chi connectivity index (χ4v) is 3.67. The molecule has 2 aliphatic heterocycles. The highest BCUT2D eigenvalue weighted by atomic mass is 16.3. The molecule has 2 N–H and O–H groups in total. The lowest BCUT2D eigenvalue weighted by Gasteiger charge is -2.38. The molecule has 5 heteroatoms. The summed E-state index contributed by atoms with van der Waals surface area (Å²) < 4.78 is 0. The zero-order chi connectivity index (χ0) is 13.0. The smallest absolute Gasteiger partial charge is 0.252 e. The van der Waals surface area contributed by atoms with Gasteiger partial charge in [-0.2, -0.15) is 0 Å². The Morgan fingerprint density at radius 3 is 2.53 bits per heavy atom. The first-order chi connectivity index (χ1) is 9.20. The topological polar surface area (TPSA) is 69.2 Å². The lowest BCUT2D eigenvalue weighted by molar-refractivity contribution is 0.126. The van der Waals surface area contributed by atoms with Gasteiger partial charge in [-0.15, -0.1) is 0 Å². The lowest BCUT2D eigenvalue weighted by Crippen LogP contribution is -2.45. The van der Waals surface area contributed by atoms with Crippen LogP contribution in [0.3, 0.4) is 0 Å². The number of aromatic nitrogens is 2. The van der Waals surface area contributed by atoms with E-state index in [1.807, 2.05) is 0 Å². The minimum absolute atomic E-state index is 0.0441. The Labute approximate surface area is 111 Å². The third-order valence-corrected chi connectivity index (χ3v) is 4.68. The number of nitrogens with one attached hydrogen (secondary N) is 1. The number of aliphatic hydroxyl groups is 1. The minimum atomic E-state index is -0.182. The summed E-state index contributed by atoms with van der Waals surface area (Å²) >= 11 is 0. The van der Waals surface area contributed by atoms with Gasteiger partial charge in [0.25, 0.3) is 5.56 Å². The van der Waals surface area contributed by atoms with Gasteiger partial charge in [0.1, 0.15) is 11.6 Å². The molecule has 1 aromatic rings. The van der Waals surface area contributed by atoms with Gasteiger partial charge in [0.05, 0.1) is 6.10 Å². The van der Waals surface area contributed by atoms with Crippen LogP contribution in [0.15, 0.2) is 10.9 Å². The van der Waals surface area contributed by atoms with Crippen LogP contribution in [0.2, 0.25) is 0 Å². The highest BCUT2D eigenvalue weighted by Gasteiger charge is 2.41. The predicted molar refractivity (Wildman–Crippen MR) is 71.4 cm³/mol. The second-order valence-corrected chi connectivity index (χ2v) is 6.18. The largest absolute Gasteiger partial charge is 0.393 e. The maximum atomic E-state index is 11.8. The van der Waals surface area contributed by atoms with Crippen molar-refractivity contribution in [2.24, 2.45) is 0 Å². The molecule has 0 spiro atoms. The van der Waals surface area contributed by atoms with E-state index >= 15 is 0 Å². The van der Waals surface area contributed by atoms with Gasteiger partial charge in [0, 0.05) is 24.1 Å². The molecular weight excluding hydrogens is 242 g/mol. The number of piperidine rings is 1. The van der Waals surface area contributed by atoms with Gasteiger partial charge >= 0.3 is 0 Å². The molecule has 1 saturated carbocycles. The summed E-state index contributed by atoms with van der Waals surface area (Å²) in [5.74, 6) is 2.14. The zero-order valence-corrected chi connectivity index (χ0v) is 10.9. The van der Waals surface area contributed by atoms with Gasteiger partial charge in [-0.05, 0) is 38.5 Å². The molecule has 1 aliphatic carbocycles. The molecule has 0 aromatic carbocycles. The maximum absolute atomic E-state index is 11.8. The van der Waals surface area contributed by atoms with Gasteiger partial charge in [-0.1, -0.05) is 0 Å². The Balaban J connectivity index is 1.70. The fraction of sp³-hybridized carbons (Fsp3) is 0.714. The molecule has 19 heavy (non-hydrogen) atoms. The van der Waals surface area contributed by atoms with Crippen LogP contribution in [0.25, 0.3) is 0 Å². The van der Waals surface area contributed by atoms with Crippen molar-refractivity contribution in [2.75, 3.05) is 4.90 Å². The van der Waals surface area contributed by atoms with E-state index in [1.54, 1.807) is 6.07 Å². The Kier molecular flexibility index (Phi) is 2.45. The van der Waals surface area contributed by atoms with Crippen LogP contribution >= 0.6 is 0 Å². The van der Waals surface area contributed by atoms with Crippen molar-refractivity contribution in [1.29, 1.82) is 0 Å². The quantitative estimate of drug-likeness (QED) is 0.837. The maximum Gasteiger partial charge on any atom is 0.252 e. The third kappa shape index (κ3) is 1.96. The second kappa shape index (κ2) is 4.07. The van der Waals surface area contributed by atoms with Gasteiger partial charge < -0.3 is 15.0 Å². The van der Waals surface area contributed by atoms with Crippen molar-refractivity contribution < 1.29 is 5.11 Å². The summed E-state index contributed by atoms with van der Waals surface area (Å²) in [5, 5.41) is 9.85. The van der Waals surface area contributed by atoms with Crippen LogP contribution in [0.4, 0.5) is 5.82 Å². The lowest BCUT2D eigenvalue weighted by atomic mass is 10.00. The van der Waals surface area contributed by atoms with E-state index in [0.29, 0.717) is 18.0 Å². The highest BCUT2D eigenvalue weighted by molar-refractivity contribution is 5.43. The SMILES string of the molecule is O=c1cc(N2C3CCC2CC(O)C3)nc(C2CC2)[nH]1. The average Bonchev–Trinajstić information content (AvgIpc) is 3.15. The molecule has 0 amide bonds. The summed E-state index contributed by atoms with van der Waals surface area (Å²) in [5.41, 5.74) is -0.0441. The number of anilines is 1. The Morgan fingerprint density at radius 1 is 1.21 bits per heavy atom. The molecule has 3 fully saturated rings. The van der Waals surface area contributed by atoms with Crippen LogP contribution in [-0.2, 0) is 0 Å². The molecule has 4 rings (SSSR count). The number of H-pyrrole nitrogens is 1. The molecule has 2 saturated heterocycles. The molecule has 5 nitrogen and oxygen atoms in total. The van der Waals surface area contributed by atoms with E-state index in [2.05, 4.69) is 14.9 Å². The van der Waals surface area contributed by atoms with E-state index in [0.717, 1.165) is 50.2 Å². The molecule has 1 aromatic heterocycles. The normalized spacial score (nSPS) is 33.7. The molecule has 2 bridgehead atoms. The van der Waals surface area contributed by atoms with Crippen LogP contribution in [0, 0.1) is 0 Å². The van der Waals surface area contributed by atoms with E-state index < -0.39 is 0 Å². The first-order valence-corrected chi connectivity index (χ1v) is 7.28. The zero-order valence-electron chi connectivity index (χ0n) is 10.9. The summed E-state index contributed by atoms with van der Waals surface area (Å²) in [6.45, 7) is 0. The number of nitrogens with zero attached hydrogens (tertiary/aromatic N) is 2. The molecule has 3 heterocycles. The highest BCUT2D eigenvalue weighted by Crippen LogP contribution is 2.41. The first-order valence-electron chi connectivity index (χ1n) is 7.28. The number of aromatic amines is 1. The monoisotopic (exact) mass is 261 g/mol. The van der Waals surface area contributed by atoms with Crippen molar-refractivity contribution in [3.05, 3.63) is 22.2 Å². The van der Waals surface area contributed by atoms with Crippen molar-refractivity contribution in [2.45, 2.75) is 62.6 Å².